The lowest BCUT2D eigenvalue weighted by molar-refractivity contribution is 0.174. The zero-order valence-electron chi connectivity index (χ0n) is 16.4. The van der Waals surface area contributed by atoms with Crippen molar-refractivity contribution in [2.24, 2.45) is 7.05 Å². The molecule has 0 aliphatic carbocycles. The standard InChI is InChI=1S/C21H17FN4O3S2/c1-26-19(9-27-16-5-3-14(22)4-6-16)24-25-21(26)31-11-15-10-30-20(23-15)13-2-7-17-18(8-13)29-12-28-17/h2-8,10H,9,11-12H2,1H3. The molecule has 0 radical (unpaired) electrons. The van der Waals surface area contributed by atoms with Gasteiger partial charge in [0.05, 0.1) is 5.69 Å². The van der Waals surface area contributed by atoms with Crippen LogP contribution >= 0.6 is 23.1 Å². The zero-order valence-corrected chi connectivity index (χ0v) is 18.1. The third-order valence-electron chi connectivity index (χ3n) is 4.63. The van der Waals surface area contributed by atoms with Gasteiger partial charge in [-0.05, 0) is 42.5 Å². The number of benzene rings is 2. The topological polar surface area (TPSA) is 71.3 Å². The van der Waals surface area contributed by atoms with Gasteiger partial charge in [-0.2, -0.15) is 0 Å². The first-order chi connectivity index (χ1) is 15.2. The number of nitrogens with zero attached hydrogens (tertiary/aromatic N) is 4. The van der Waals surface area contributed by atoms with Gasteiger partial charge in [-0.25, -0.2) is 9.37 Å². The van der Waals surface area contributed by atoms with Crippen molar-refractivity contribution in [3.05, 3.63) is 65.2 Å². The molecule has 0 amide bonds. The number of hydrogen-bond donors (Lipinski definition) is 0. The van der Waals surface area contributed by atoms with Gasteiger partial charge in [-0.15, -0.1) is 21.5 Å². The van der Waals surface area contributed by atoms with Crippen LogP contribution in [0.15, 0.2) is 53.0 Å². The molecule has 0 N–H and O–H groups in total. The Balaban J connectivity index is 1.20. The molecule has 1 aliphatic rings. The molecule has 0 bridgehead atoms. The van der Waals surface area contributed by atoms with Gasteiger partial charge in [0, 0.05) is 23.7 Å². The maximum absolute atomic E-state index is 13.0. The van der Waals surface area contributed by atoms with Gasteiger partial charge in [-0.3, -0.25) is 0 Å². The quantitative estimate of drug-likeness (QED) is 0.374. The summed E-state index contributed by atoms with van der Waals surface area (Å²) in [7, 11) is 1.89. The van der Waals surface area contributed by atoms with Crippen LogP contribution in [0.1, 0.15) is 11.5 Å². The normalized spacial score (nSPS) is 12.3. The number of aromatic nitrogens is 4. The fourth-order valence-corrected chi connectivity index (χ4v) is 4.69. The van der Waals surface area contributed by atoms with Crippen molar-refractivity contribution < 1.29 is 18.6 Å². The number of ether oxygens (including phenoxy) is 3. The predicted octanol–water partition coefficient (Wildman–Crippen LogP) is 4.68. The molecule has 3 heterocycles. The minimum atomic E-state index is -0.298. The molecule has 31 heavy (non-hydrogen) atoms. The van der Waals surface area contributed by atoms with Crippen LogP contribution in [-0.4, -0.2) is 26.5 Å². The van der Waals surface area contributed by atoms with Gasteiger partial charge in [0.1, 0.15) is 23.2 Å². The summed E-state index contributed by atoms with van der Waals surface area (Å²) < 4.78 is 31.3. The van der Waals surface area contributed by atoms with Crippen LogP contribution in [-0.2, 0) is 19.4 Å². The van der Waals surface area contributed by atoms with E-state index in [1.165, 1.54) is 12.1 Å². The van der Waals surface area contributed by atoms with Crippen molar-refractivity contribution >= 4 is 23.1 Å². The molecule has 0 fully saturated rings. The Morgan fingerprint density at radius 3 is 2.84 bits per heavy atom. The third-order valence-corrected chi connectivity index (χ3v) is 6.62. The van der Waals surface area contributed by atoms with E-state index in [9.17, 15) is 4.39 Å². The number of halogens is 1. The van der Waals surface area contributed by atoms with Crippen LogP contribution < -0.4 is 14.2 Å². The summed E-state index contributed by atoms with van der Waals surface area (Å²) in [4.78, 5) is 4.73. The Hall–Kier alpha value is -3.11. The Labute approximate surface area is 185 Å². The maximum Gasteiger partial charge on any atom is 0.231 e. The van der Waals surface area contributed by atoms with Gasteiger partial charge in [-0.1, -0.05) is 11.8 Å². The van der Waals surface area contributed by atoms with Gasteiger partial charge < -0.3 is 18.8 Å². The summed E-state index contributed by atoms with van der Waals surface area (Å²) >= 11 is 3.15. The lowest BCUT2D eigenvalue weighted by Crippen LogP contribution is -2.04. The van der Waals surface area contributed by atoms with E-state index in [0.29, 0.717) is 17.3 Å². The molecular weight excluding hydrogens is 439 g/mol. The maximum atomic E-state index is 13.0. The van der Waals surface area contributed by atoms with Crippen molar-refractivity contribution in [2.45, 2.75) is 17.5 Å². The average molecular weight is 457 g/mol. The van der Waals surface area contributed by atoms with E-state index in [2.05, 4.69) is 10.2 Å². The van der Waals surface area contributed by atoms with E-state index in [-0.39, 0.29) is 19.2 Å². The Bertz CT molecular complexity index is 1210. The smallest absolute Gasteiger partial charge is 0.231 e. The van der Waals surface area contributed by atoms with Gasteiger partial charge in [0.15, 0.2) is 22.5 Å². The lowest BCUT2D eigenvalue weighted by Gasteiger charge is -2.06. The van der Waals surface area contributed by atoms with Crippen LogP contribution in [0.2, 0.25) is 0 Å². The van der Waals surface area contributed by atoms with Crippen molar-refractivity contribution in [2.75, 3.05) is 6.79 Å². The molecule has 0 atom stereocenters. The zero-order chi connectivity index (χ0) is 21.2. The fourth-order valence-electron chi connectivity index (χ4n) is 2.95. The van der Waals surface area contributed by atoms with Crippen molar-refractivity contribution in [1.29, 1.82) is 0 Å². The van der Waals surface area contributed by atoms with Gasteiger partial charge in [0.25, 0.3) is 0 Å². The molecule has 0 spiro atoms. The minimum absolute atomic E-state index is 0.251. The molecular formula is C21H17FN4O3S2. The first kappa shape index (κ1) is 19.8. The van der Waals surface area contributed by atoms with E-state index < -0.39 is 0 Å². The second-order valence-corrected chi connectivity index (χ2v) is 8.50. The molecule has 5 rings (SSSR count). The Kier molecular flexibility index (Phi) is 5.47. The summed E-state index contributed by atoms with van der Waals surface area (Å²) in [5.74, 6) is 3.15. The molecule has 0 unspecified atom stereocenters. The van der Waals surface area contributed by atoms with Crippen LogP contribution in [0, 0.1) is 5.82 Å². The predicted molar refractivity (Wildman–Crippen MR) is 115 cm³/mol. The first-order valence-corrected chi connectivity index (χ1v) is 11.3. The number of rotatable bonds is 7. The highest BCUT2D eigenvalue weighted by Gasteiger charge is 2.16. The fraction of sp³-hybridized carbons (Fsp3) is 0.190. The van der Waals surface area contributed by atoms with E-state index in [1.54, 1.807) is 35.2 Å². The number of thiazole rings is 1. The molecule has 1 aliphatic heterocycles. The molecule has 10 heteroatoms. The Morgan fingerprint density at radius 2 is 1.97 bits per heavy atom. The molecule has 4 aromatic rings. The van der Waals surface area contributed by atoms with Crippen molar-refractivity contribution in [1.82, 2.24) is 19.7 Å². The molecule has 2 aromatic carbocycles. The van der Waals surface area contributed by atoms with Crippen LogP contribution in [0.25, 0.3) is 10.6 Å². The second kappa shape index (κ2) is 8.56. The summed E-state index contributed by atoms with van der Waals surface area (Å²) in [6.07, 6.45) is 0. The van der Waals surface area contributed by atoms with E-state index in [1.807, 2.05) is 35.2 Å². The number of thioether (sulfide) groups is 1. The van der Waals surface area contributed by atoms with Crippen LogP contribution in [0.3, 0.4) is 0 Å². The molecule has 0 saturated carbocycles. The first-order valence-electron chi connectivity index (χ1n) is 9.39. The largest absolute Gasteiger partial charge is 0.486 e. The van der Waals surface area contributed by atoms with Crippen molar-refractivity contribution in [3.63, 3.8) is 0 Å². The average Bonchev–Trinajstić information content (AvgIpc) is 3.52. The van der Waals surface area contributed by atoms with Gasteiger partial charge in [0.2, 0.25) is 6.79 Å². The molecule has 2 aromatic heterocycles. The highest BCUT2D eigenvalue weighted by atomic mass is 32.2. The monoisotopic (exact) mass is 456 g/mol. The summed E-state index contributed by atoms with van der Waals surface area (Å²) in [6, 6.07) is 11.7. The molecule has 7 nitrogen and oxygen atoms in total. The van der Waals surface area contributed by atoms with Gasteiger partial charge >= 0.3 is 0 Å². The van der Waals surface area contributed by atoms with E-state index in [0.717, 1.165) is 32.9 Å². The van der Waals surface area contributed by atoms with E-state index in [4.69, 9.17) is 19.2 Å². The Morgan fingerprint density at radius 1 is 1.13 bits per heavy atom. The minimum Gasteiger partial charge on any atom is -0.486 e. The van der Waals surface area contributed by atoms with Crippen LogP contribution in [0.5, 0.6) is 17.2 Å². The molecule has 0 saturated heterocycles. The highest BCUT2D eigenvalue weighted by Crippen LogP contribution is 2.37. The lowest BCUT2D eigenvalue weighted by atomic mass is 10.2. The van der Waals surface area contributed by atoms with Crippen LogP contribution in [0.4, 0.5) is 4.39 Å². The highest BCUT2D eigenvalue weighted by molar-refractivity contribution is 7.98. The SMILES string of the molecule is Cn1c(COc2ccc(F)cc2)nnc1SCc1csc(-c2ccc3c(c2)OCO3)n1. The van der Waals surface area contributed by atoms with Crippen molar-refractivity contribution in [3.8, 4) is 27.8 Å². The summed E-state index contributed by atoms with van der Waals surface area (Å²) in [5.41, 5.74) is 1.97. The molecule has 158 valence electrons. The third kappa shape index (κ3) is 4.35. The summed E-state index contributed by atoms with van der Waals surface area (Å²) in [5, 5.41) is 12.2. The second-order valence-electron chi connectivity index (χ2n) is 6.70. The summed E-state index contributed by atoms with van der Waals surface area (Å²) in [6.45, 7) is 0.508. The van der Waals surface area contributed by atoms with E-state index >= 15 is 0 Å². The number of hydrogen-bond acceptors (Lipinski definition) is 8. The number of fused-ring (bicyclic) bond motifs is 1.